The molecule has 11 heavy (non-hydrogen) atoms. The van der Waals surface area contributed by atoms with E-state index >= 15 is 0 Å². The second-order valence-corrected chi connectivity index (χ2v) is 2.39. The number of rotatable bonds is 5. The van der Waals surface area contributed by atoms with Crippen molar-refractivity contribution in [3.8, 4) is 0 Å². The molecule has 0 aliphatic carbocycles. The third-order valence-corrected chi connectivity index (χ3v) is 1.36. The minimum atomic E-state index is -4.69. The van der Waals surface area contributed by atoms with Gasteiger partial charge in [0.05, 0.1) is 0 Å². The van der Waals surface area contributed by atoms with Crippen molar-refractivity contribution in [2.45, 2.75) is 6.92 Å². The average molecular weight is 169 g/mol. The highest BCUT2D eigenvalue weighted by molar-refractivity contribution is 6.58. The van der Waals surface area contributed by atoms with Gasteiger partial charge in [0.25, 0.3) is 0 Å². The predicted molar refractivity (Wildman–Crippen MR) is 40.2 cm³/mol. The van der Waals surface area contributed by atoms with Gasteiger partial charge in [0.2, 0.25) is 0 Å². The molecular formula is C5H13BF3N2-. The van der Waals surface area contributed by atoms with Gasteiger partial charge in [-0.3, -0.25) is 0 Å². The van der Waals surface area contributed by atoms with E-state index in [-0.39, 0.29) is 6.54 Å². The summed E-state index contributed by atoms with van der Waals surface area (Å²) in [5.41, 5.74) is 5.12. The van der Waals surface area contributed by atoms with Crippen molar-refractivity contribution in [1.29, 1.82) is 0 Å². The van der Waals surface area contributed by atoms with E-state index < -0.39 is 13.4 Å². The summed E-state index contributed by atoms with van der Waals surface area (Å²) in [5.74, 6) is 0. The van der Waals surface area contributed by atoms with Gasteiger partial charge in [0.1, 0.15) is 0 Å². The van der Waals surface area contributed by atoms with Crippen molar-refractivity contribution in [3.05, 3.63) is 0 Å². The molecule has 0 aromatic rings. The first kappa shape index (κ1) is 10.8. The lowest BCUT2D eigenvalue weighted by molar-refractivity contribution is 0.297. The Morgan fingerprint density at radius 2 is 1.91 bits per heavy atom. The molecule has 0 bridgehead atoms. The van der Waals surface area contributed by atoms with Crippen LogP contribution in [0.2, 0.25) is 0 Å². The largest absolute Gasteiger partial charge is 0.492 e. The van der Waals surface area contributed by atoms with Gasteiger partial charge in [-0.25, -0.2) is 0 Å². The van der Waals surface area contributed by atoms with Crippen LogP contribution in [0.1, 0.15) is 6.92 Å². The van der Waals surface area contributed by atoms with Gasteiger partial charge in [-0.1, -0.05) is 6.92 Å². The van der Waals surface area contributed by atoms with E-state index in [9.17, 15) is 12.9 Å². The van der Waals surface area contributed by atoms with Crippen LogP contribution in [-0.4, -0.2) is 38.0 Å². The van der Waals surface area contributed by atoms with Gasteiger partial charge in [-0.15, -0.1) is 0 Å². The van der Waals surface area contributed by atoms with Crippen molar-refractivity contribution in [2.75, 3.05) is 26.1 Å². The molecule has 0 atom stereocenters. The minimum Gasteiger partial charge on any atom is -0.448 e. The van der Waals surface area contributed by atoms with Crippen molar-refractivity contribution in [2.24, 2.45) is 5.73 Å². The van der Waals surface area contributed by atoms with Crippen LogP contribution in [0.3, 0.4) is 0 Å². The highest BCUT2D eigenvalue weighted by atomic mass is 19.4. The third kappa shape index (κ3) is 6.18. The molecule has 0 saturated carbocycles. The SMILES string of the molecule is CCN(CCN)C[B-](F)(F)F. The van der Waals surface area contributed by atoms with Crippen molar-refractivity contribution in [1.82, 2.24) is 4.90 Å². The molecule has 0 rings (SSSR count). The maximum Gasteiger partial charge on any atom is 0.492 e. The summed E-state index contributed by atoms with van der Waals surface area (Å²) in [4.78, 5) is 1.29. The van der Waals surface area contributed by atoms with Crippen LogP contribution in [0.15, 0.2) is 0 Å². The van der Waals surface area contributed by atoms with Crippen molar-refractivity contribution in [3.63, 3.8) is 0 Å². The molecule has 0 unspecified atom stereocenters. The Hall–Kier alpha value is -0.225. The van der Waals surface area contributed by atoms with Gasteiger partial charge in [0, 0.05) is 13.1 Å². The van der Waals surface area contributed by atoms with E-state index in [2.05, 4.69) is 0 Å². The molecule has 0 heterocycles. The highest BCUT2D eigenvalue weighted by Gasteiger charge is 2.25. The lowest BCUT2D eigenvalue weighted by Crippen LogP contribution is -2.40. The number of likely N-dealkylation sites (N-methyl/N-ethyl adjacent to an activating group) is 1. The van der Waals surface area contributed by atoms with Gasteiger partial charge in [0.15, 0.2) is 0 Å². The van der Waals surface area contributed by atoms with Crippen LogP contribution < -0.4 is 5.73 Å². The third-order valence-electron chi connectivity index (χ3n) is 1.36. The standard InChI is InChI=1S/C5H13BF3N2/c1-2-11(4-3-10)5-6(7,8)9/h2-5,10H2,1H3/q-1. The minimum absolute atomic E-state index is 0.278. The van der Waals surface area contributed by atoms with Gasteiger partial charge < -0.3 is 23.6 Å². The molecule has 6 heteroatoms. The molecule has 2 nitrogen and oxygen atoms in total. The summed E-state index contributed by atoms with van der Waals surface area (Å²) in [6.45, 7) is -2.00. The lowest BCUT2D eigenvalue weighted by Gasteiger charge is -2.25. The number of nitrogens with two attached hydrogens (primary N) is 1. The Morgan fingerprint density at radius 3 is 2.18 bits per heavy atom. The highest BCUT2D eigenvalue weighted by Crippen LogP contribution is 2.09. The first-order chi connectivity index (χ1) is 4.99. The van der Waals surface area contributed by atoms with E-state index in [4.69, 9.17) is 5.73 Å². The smallest absolute Gasteiger partial charge is 0.448 e. The van der Waals surface area contributed by atoms with Crippen LogP contribution in [-0.2, 0) is 0 Å². The molecule has 2 N–H and O–H groups in total. The molecule has 0 saturated heterocycles. The molecule has 0 aromatic heterocycles. The van der Waals surface area contributed by atoms with Crippen LogP contribution in [0, 0.1) is 0 Å². The summed E-state index contributed by atoms with van der Waals surface area (Å²) in [6, 6.07) is 0. The number of hydrogen-bond donors (Lipinski definition) is 1. The normalized spacial score (nSPS) is 12.5. The molecule has 0 radical (unpaired) electrons. The van der Waals surface area contributed by atoms with E-state index in [1.54, 1.807) is 6.92 Å². The van der Waals surface area contributed by atoms with E-state index in [1.165, 1.54) is 4.90 Å². The predicted octanol–water partition coefficient (Wildman–Crippen LogP) is 0.654. The average Bonchev–Trinajstić information content (AvgIpc) is 1.84. The molecule has 0 aromatic carbocycles. The summed E-state index contributed by atoms with van der Waals surface area (Å²) in [5, 5.41) is 0. The van der Waals surface area contributed by atoms with Crippen LogP contribution in [0.4, 0.5) is 12.9 Å². The summed E-state index contributed by atoms with van der Waals surface area (Å²) in [6.07, 6.45) is -0.798. The molecular weight excluding hydrogens is 156 g/mol. The zero-order valence-electron chi connectivity index (χ0n) is 6.56. The maximum atomic E-state index is 11.8. The number of nitrogens with zero attached hydrogens (tertiary/aromatic N) is 1. The van der Waals surface area contributed by atoms with Crippen LogP contribution in [0.25, 0.3) is 0 Å². The molecule has 0 amide bonds. The Kier molecular flexibility index (Phi) is 4.52. The topological polar surface area (TPSA) is 29.3 Å². The Morgan fingerprint density at radius 1 is 1.36 bits per heavy atom. The number of hydrogen-bond acceptors (Lipinski definition) is 2. The fourth-order valence-electron chi connectivity index (χ4n) is 0.854. The first-order valence-electron chi connectivity index (χ1n) is 3.63. The Labute approximate surface area is 64.6 Å². The molecule has 0 spiro atoms. The fraction of sp³-hybridized carbons (Fsp3) is 1.00. The molecule has 68 valence electrons. The lowest BCUT2D eigenvalue weighted by atomic mass is 9.91. The quantitative estimate of drug-likeness (QED) is 0.612. The molecule has 0 aliphatic heterocycles. The van der Waals surface area contributed by atoms with Crippen molar-refractivity contribution >= 4 is 6.98 Å². The van der Waals surface area contributed by atoms with E-state index in [0.717, 1.165) is 0 Å². The van der Waals surface area contributed by atoms with Crippen LogP contribution in [0.5, 0.6) is 0 Å². The van der Waals surface area contributed by atoms with E-state index in [1.807, 2.05) is 0 Å². The second kappa shape index (κ2) is 4.61. The van der Waals surface area contributed by atoms with Gasteiger partial charge >= 0.3 is 6.98 Å². The monoisotopic (exact) mass is 169 g/mol. The summed E-state index contributed by atoms with van der Waals surface area (Å²) < 4.78 is 35.4. The summed E-state index contributed by atoms with van der Waals surface area (Å²) in [7, 11) is 0. The second-order valence-electron chi connectivity index (χ2n) is 2.39. The Bertz CT molecular complexity index is 106. The molecule has 0 fully saturated rings. The van der Waals surface area contributed by atoms with E-state index in [0.29, 0.717) is 13.1 Å². The van der Waals surface area contributed by atoms with Crippen molar-refractivity contribution < 1.29 is 12.9 Å². The first-order valence-corrected chi connectivity index (χ1v) is 3.63. The Balaban J connectivity index is 3.68. The number of halogens is 3. The maximum absolute atomic E-state index is 11.8. The molecule has 0 aliphatic rings. The fourth-order valence-corrected chi connectivity index (χ4v) is 0.854. The zero-order valence-corrected chi connectivity index (χ0v) is 6.56. The zero-order chi connectivity index (χ0) is 8.91. The summed E-state index contributed by atoms with van der Waals surface area (Å²) >= 11 is 0. The van der Waals surface area contributed by atoms with Gasteiger partial charge in [-0.05, 0) is 13.0 Å². The van der Waals surface area contributed by atoms with Gasteiger partial charge in [-0.2, -0.15) is 0 Å². The van der Waals surface area contributed by atoms with Crippen LogP contribution >= 0.6 is 0 Å².